The number of hydrogen-bond donors (Lipinski definition) is 2. The number of hydrogen-bond acceptors (Lipinski definition) is 3. The van der Waals surface area contributed by atoms with Crippen LogP contribution in [0.25, 0.3) is 0 Å². The molecule has 0 unspecified atom stereocenters. The zero-order valence-electron chi connectivity index (χ0n) is 15.6. The molecular formula is C18H29IN2O3S. The lowest BCUT2D eigenvalue weighted by atomic mass is 10.2. The fourth-order valence-corrected chi connectivity index (χ4v) is 3.58. The van der Waals surface area contributed by atoms with E-state index in [4.69, 9.17) is 4.74 Å². The third-order valence-electron chi connectivity index (χ3n) is 3.21. The van der Waals surface area contributed by atoms with Crippen molar-refractivity contribution < 1.29 is 14.3 Å². The second-order valence-corrected chi connectivity index (χ2v) is 17.7. The summed E-state index contributed by atoms with van der Waals surface area (Å²) in [4.78, 5) is 24.6. The van der Waals surface area contributed by atoms with Crippen molar-refractivity contribution in [3.63, 3.8) is 0 Å². The number of amides is 2. The molecule has 2 amide bonds. The summed E-state index contributed by atoms with van der Waals surface area (Å²) in [6, 6.07) is 9.10. The third-order valence-corrected chi connectivity index (χ3v) is 5.74. The van der Waals surface area contributed by atoms with Crippen LogP contribution in [0.1, 0.15) is 32.8 Å². The largest absolute Gasteiger partial charge is 0.444 e. The lowest BCUT2D eigenvalue weighted by Gasteiger charge is -2.27. The average molecular weight is 480 g/mol. The van der Waals surface area contributed by atoms with E-state index in [0.717, 1.165) is 11.3 Å². The van der Waals surface area contributed by atoms with Gasteiger partial charge in [0.05, 0.1) is 0 Å². The van der Waals surface area contributed by atoms with E-state index in [-0.39, 0.29) is 5.91 Å². The quantitative estimate of drug-likeness (QED) is 0.580. The number of benzene rings is 1. The molecule has 1 rings (SSSR count). The second-order valence-electron chi connectivity index (χ2n) is 7.30. The summed E-state index contributed by atoms with van der Waals surface area (Å²) in [5, 5.41) is 5.62. The van der Waals surface area contributed by atoms with Gasteiger partial charge in [0.1, 0.15) is 11.6 Å². The van der Waals surface area contributed by atoms with E-state index in [1.165, 1.54) is 0 Å². The Kier molecular flexibility index (Phi) is 8.53. The van der Waals surface area contributed by atoms with Crippen LogP contribution in [0.3, 0.4) is 0 Å². The molecule has 0 saturated heterocycles. The molecule has 0 radical (unpaired) electrons. The number of rotatable bonds is 7. The maximum Gasteiger partial charge on any atom is 0.408 e. The van der Waals surface area contributed by atoms with Crippen LogP contribution in [0.5, 0.6) is 0 Å². The molecule has 1 atom stereocenters. The molecule has 25 heavy (non-hydrogen) atoms. The minimum atomic E-state index is -0.793. The lowest BCUT2D eigenvalue weighted by molar-refractivity contribution is -0.123. The van der Waals surface area contributed by atoms with Crippen LogP contribution in [-0.2, 0) is 16.1 Å². The predicted molar refractivity (Wildman–Crippen MR) is 114 cm³/mol. The number of carbonyl (C=O) groups excluding carboxylic acids is 2. The average Bonchev–Trinajstić information content (AvgIpc) is 2.47. The van der Waals surface area contributed by atoms with Gasteiger partial charge >= 0.3 is 6.09 Å². The zero-order valence-corrected chi connectivity index (χ0v) is 18.6. The van der Waals surface area contributed by atoms with Crippen LogP contribution in [0.15, 0.2) is 30.3 Å². The Balaban J connectivity index is 2.68. The summed E-state index contributed by atoms with van der Waals surface area (Å²) in [6.45, 7) is 5.84. The van der Waals surface area contributed by atoms with Crippen LogP contribution < -0.4 is 10.6 Å². The first-order valence-corrected chi connectivity index (χ1v) is 13.3. The number of halogens is 1. The van der Waals surface area contributed by atoms with Crippen molar-refractivity contribution in [1.82, 2.24) is 10.6 Å². The highest BCUT2D eigenvalue weighted by molar-refractivity contribution is 14.2. The first-order chi connectivity index (χ1) is 11.5. The Morgan fingerprint density at radius 2 is 1.80 bits per heavy atom. The molecule has 0 saturated carbocycles. The molecule has 0 spiro atoms. The monoisotopic (exact) mass is 480 g/mol. The van der Waals surface area contributed by atoms with Gasteiger partial charge in [-0.05, 0) is 72.2 Å². The van der Waals surface area contributed by atoms with Gasteiger partial charge in [-0.1, -0.05) is 30.3 Å². The molecule has 0 aromatic heterocycles. The number of nitrogens with one attached hydrogen (secondary N) is 2. The minimum Gasteiger partial charge on any atom is -0.444 e. The van der Waals surface area contributed by atoms with Crippen molar-refractivity contribution >= 4 is 40.4 Å². The van der Waals surface area contributed by atoms with Crippen LogP contribution in [-0.4, -0.2) is 41.9 Å². The molecule has 0 aliphatic rings. The number of ether oxygens (including phenoxy) is 1. The van der Waals surface area contributed by atoms with Gasteiger partial charge in [0, 0.05) is 6.54 Å². The van der Waals surface area contributed by atoms with Gasteiger partial charge in [-0.2, -0.15) is 7.20 Å². The van der Waals surface area contributed by atoms with Crippen molar-refractivity contribution in [3.8, 4) is 0 Å². The maximum absolute atomic E-state index is 12.6. The summed E-state index contributed by atoms with van der Waals surface area (Å²) < 4.78 is 5.29. The van der Waals surface area contributed by atoms with Crippen LogP contribution in [0.2, 0.25) is 0 Å². The smallest absolute Gasteiger partial charge is 0.408 e. The third kappa shape index (κ3) is 10.6. The van der Waals surface area contributed by atoms with Gasteiger partial charge in [0.2, 0.25) is 5.91 Å². The first kappa shape index (κ1) is 22.1. The Labute approximate surface area is 164 Å². The van der Waals surface area contributed by atoms with Gasteiger partial charge in [-0.3, -0.25) is 4.79 Å². The van der Waals surface area contributed by atoms with E-state index >= 15 is 0 Å². The van der Waals surface area contributed by atoms with Crippen LogP contribution >= 0.6 is 28.4 Å². The van der Waals surface area contributed by atoms with Gasteiger partial charge in [0.25, 0.3) is 0 Å². The summed E-state index contributed by atoms with van der Waals surface area (Å²) in [5.41, 5.74) is 0.426. The molecule has 0 aliphatic heterocycles. The highest BCUT2D eigenvalue weighted by Gasteiger charge is 2.25. The second kappa shape index (κ2) is 9.66. The first-order valence-electron chi connectivity index (χ1n) is 8.18. The van der Waals surface area contributed by atoms with Gasteiger partial charge in [-0.15, -0.1) is 0 Å². The highest BCUT2D eigenvalue weighted by Crippen LogP contribution is 2.49. The molecule has 0 bridgehead atoms. The highest BCUT2D eigenvalue weighted by atomic mass is 127. The van der Waals surface area contributed by atoms with Crippen molar-refractivity contribution in [2.24, 2.45) is 0 Å². The topological polar surface area (TPSA) is 67.4 Å². The minimum absolute atomic E-state index is 0.185. The Morgan fingerprint density at radius 1 is 1.20 bits per heavy atom. The van der Waals surface area contributed by atoms with E-state index in [0.29, 0.717) is 13.0 Å². The fraction of sp³-hybridized carbons (Fsp3) is 0.556. The molecule has 1 aromatic carbocycles. The number of alkyl carbamates (subject to hydrolysis) is 1. The molecule has 0 heterocycles. The number of carbonyl (C=O) groups is 2. The maximum atomic E-state index is 12.6. The van der Waals surface area contributed by atoms with Crippen molar-refractivity contribution in [2.75, 3.05) is 18.3 Å². The Bertz CT molecular complexity index is 568. The van der Waals surface area contributed by atoms with Crippen LogP contribution in [0.4, 0.5) is 4.79 Å². The Hall–Kier alpha value is -0.960. The molecule has 0 fully saturated rings. The molecular weight excluding hydrogens is 451 g/mol. The van der Waals surface area contributed by atoms with E-state index in [1.54, 1.807) is 20.8 Å². The lowest BCUT2D eigenvalue weighted by Crippen LogP contribution is -2.48. The summed E-state index contributed by atoms with van der Waals surface area (Å²) in [6.07, 6.45) is 4.39. The molecule has 2 N–H and O–H groups in total. The molecule has 142 valence electrons. The SMILES string of the molecule is CC(C)(C)OC(=O)N[C@@H](CCS(C)(C)I)C(=O)NCc1ccccc1. The molecule has 5 nitrogen and oxygen atoms in total. The molecule has 7 heteroatoms. The van der Waals surface area contributed by atoms with Gasteiger partial charge < -0.3 is 15.4 Å². The normalized spacial score (nSPS) is 13.7. The van der Waals surface area contributed by atoms with E-state index < -0.39 is 24.9 Å². The van der Waals surface area contributed by atoms with E-state index in [9.17, 15) is 9.59 Å². The fourth-order valence-electron chi connectivity index (χ4n) is 2.02. The standard InChI is InChI=1S/C18H29IN2O3S/c1-18(2,3)24-17(23)21-15(11-12-25(4,5)19)16(22)20-13-14-9-7-6-8-10-14/h6-10,15H,11-13H2,1-5H3,(H,20,22)(H,21,23)/t15-/m0/s1. The molecule has 0 aliphatic carbocycles. The summed E-state index contributed by atoms with van der Waals surface area (Å²) in [7, 11) is -0.793. The predicted octanol–water partition coefficient (Wildman–Crippen LogP) is 4.00. The summed E-state index contributed by atoms with van der Waals surface area (Å²) >= 11 is 2.43. The van der Waals surface area contributed by atoms with Crippen molar-refractivity contribution in [3.05, 3.63) is 35.9 Å². The van der Waals surface area contributed by atoms with Crippen LogP contribution in [0, 0.1) is 0 Å². The van der Waals surface area contributed by atoms with E-state index in [2.05, 4.69) is 44.4 Å². The summed E-state index contributed by atoms with van der Waals surface area (Å²) in [5.74, 6) is 0.696. The van der Waals surface area contributed by atoms with Gasteiger partial charge in [-0.25, -0.2) is 4.79 Å². The zero-order chi connectivity index (χ0) is 19.1. The van der Waals surface area contributed by atoms with Gasteiger partial charge in [0.15, 0.2) is 0 Å². The Morgan fingerprint density at radius 3 is 2.32 bits per heavy atom. The van der Waals surface area contributed by atoms with E-state index in [1.807, 2.05) is 30.3 Å². The molecule has 1 aromatic rings. The van der Waals surface area contributed by atoms with Crippen molar-refractivity contribution in [2.45, 2.75) is 45.4 Å². The van der Waals surface area contributed by atoms with Crippen molar-refractivity contribution in [1.29, 1.82) is 0 Å².